The summed E-state index contributed by atoms with van der Waals surface area (Å²) < 4.78 is 7.29. The number of nitrogens with zero attached hydrogens (tertiary/aromatic N) is 3. The van der Waals surface area contributed by atoms with E-state index < -0.39 is 0 Å². The highest BCUT2D eigenvalue weighted by Gasteiger charge is 2.30. The average Bonchev–Trinajstić information content (AvgIpc) is 3.39. The van der Waals surface area contributed by atoms with Crippen LogP contribution in [0.5, 0.6) is 0 Å². The van der Waals surface area contributed by atoms with Crippen LogP contribution >= 0.6 is 0 Å². The third-order valence-electron chi connectivity index (χ3n) is 6.54. The van der Waals surface area contributed by atoms with Crippen LogP contribution in [0, 0.1) is 0 Å². The molecule has 0 saturated heterocycles. The molecule has 0 N–H and O–H groups in total. The number of anilines is 1. The van der Waals surface area contributed by atoms with E-state index in [1.54, 1.807) is 0 Å². The first-order chi connectivity index (χ1) is 14.2. The monoisotopic (exact) mass is 395 g/mol. The van der Waals surface area contributed by atoms with Crippen LogP contribution in [0.25, 0.3) is 0 Å². The minimum Gasteiger partial charge on any atom is -0.466 e. The fourth-order valence-corrected chi connectivity index (χ4v) is 4.98. The topological polar surface area (TPSA) is 47.4 Å². The van der Waals surface area contributed by atoms with Gasteiger partial charge in [-0.1, -0.05) is 31.4 Å². The zero-order chi connectivity index (χ0) is 20.1. The van der Waals surface area contributed by atoms with Gasteiger partial charge in [-0.15, -0.1) is 0 Å². The molecule has 0 bridgehead atoms. The molecular weight excluding hydrogens is 362 g/mol. The van der Waals surface area contributed by atoms with Gasteiger partial charge in [0.15, 0.2) is 0 Å². The van der Waals surface area contributed by atoms with E-state index in [-0.39, 0.29) is 5.97 Å². The molecule has 2 aliphatic rings. The summed E-state index contributed by atoms with van der Waals surface area (Å²) in [4.78, 5) is 18.4. The number of rotatable bonds is 8. The second kappa shape index (κ2) is 9.47. The quantitative estimate of drug-likeness (QED) is 0.598. The number of hydrogen-bond donors (Lipinski definition) is 0. The van der Waals surface area contributed by atoms with E-state index in [2.05, 4.69) is 32.7 Å². The van der Waals surface area contributed by atoms with Crippen LogP contribution in [-0.2, 0) is 16.1 Å². The van der Waals surface area contributed by atoms with Gasteiger partial charge in [0, 0.05) is 43.6 Å². The van der Waals surface area contributed by atoms with Crippen molar-refractivity contribution in [3.63, 3.8) is 0 Å². The molecule has 1 aromatic carbocycles. The molecule has 1 fully saturated rings. The highest BCUT2D eigenvalue weighted by molar-refractivity contribution is 5.71. The maximum Gasteiger partial charge on any atom is 0.307 e. The third kappa shape index (κ3) is 4.82. The Labute approximate surface area is 174 Å². The van der Waals surface area contributed by atoms with Gasteiger partial charge >= 0.3 is 5.97 Å². The second-order valence-corrected chi connectivity index (χ2v) is 8.44. The van der Waals surface area contributed by atoms with Crippen molar-refractivity contribution < 1.29 is 9.53 Å². The van der Waals surface area contributed by atoms with Crippen LogP contribution in [0.1, 0.15) is 74.8 Å². The molecule has 0 radical (unpaired) electrons. The van der Waals surface area contributed by atoms with Crippen molar-refractivity contribution in [3.8, 4) is 0 Å². The summed E-state index contributed by atoms with van der Waals surface area (Å²) in [5.74, 6) is 1.12. The zero-order valence-electron chi connectivity index (χ0n) is 17.6. The van der Waals surface area contributed by atoms with Crippen LogP contribution in [0.4, 0.5) is 5.69 Å². The first-order valence-electron chi connectivity index (χ1n) is 11.2. The molecule has 2 aromatic rings. The molecule has 4 rings (SSSR count). The fraction of sp³-hybridized carbons (Fsp3) is 0.583. The van der Waals surface area contributed by atoms with E-state index in [0.717, 1.165) is 32.0 Å². The Morgan fingerprint density at radius 1 is 1.21 bits per heavy atom. The molecule has 1 aromatic heterocycles. The van der Waals surface area contributed by atoms with Crippen LogP contribution in [0.2, 0.25) is 0 Å². The Hall–Kier alpha value is -2.30. The maximum atomic E-state index is 11.9. The number of imidazole rings is 1. The summed E-state index contributed by atoms with van der Waals surface area (Å²) in [5.41, 5.74) is 4.30. The summed E-state index contributed by atoms with van der Waals surface area (Å²) in [6.45, 7) is 5.01. The third-order valence-corrected chi connectivity index (χ3v) is 6.54. The molecule has 1 aliphatic heterocycles. The predicted molar refractivity (Wildman–Crippen MR) is 115 cm³/mol. The standard InChI is InChI=1S/C24H33N3O2/c1-2-29-24(28)11-14-27-17-21(10-13-26-15-12-25-18-26)22-16-20(8-9-23(22)27)19-6-4-3-5-7-19/h8-9,12,15-16,18-19,21H,2-7,10-11,13-14,17H2,1H3. The van der Waals surface area contributed by atoms with Gasteiger partial charge in [0.05, 0.1) is 19.4 Å². The van der Waals surface area contributed by atoms with Gasteiger partial charge < -0.3 is 14.2 Å². The Morgan fingerprint density at radius 2 is 2.07 bits per heavy atom. The van der Waals surface area contributed by atoms with Crippen LogP contribution < -0.4 is 4.90 Å². The van der Waals surface area contributed by atoms with Crippen LogP contribution in [0.15, 0.2) is 36.9 Å². The van der Waals surface area contributed by atoms with Gasteiger partial charge in [0.2, 0.25) is 0 Å². The van der Waals surface area contributed by atoms with Crippen molar-refractivity contribution in [1.82, 2.24) is 9.55 Å². The lowest BCUT2D eigenvalue weighted by molar-refractivity contribution is -0.142. The van der Waals surface area contributed by atoms with E-state index >= 15 is 0 Å². The molecule has 2 heterocycles. The van der Waals surface area contributed by atoms with Gasteiger partial charge in [-0.2, -0.15) is 0 Å². The molecule has 1 aliphatic carbocycles. The molecule has 1 unspecified atom stereocenters. The van der Waals surface area contributed by atoms with Crippen molar-refractivity contribution in [2.24, 2.45) is 0 Å². The van der Waals surface area contributed by atoms with E-state index in [1.807, 2.05) is 25.6 Å². The highest BCUT2D eigenvalue weighted by Crippen LogP contribution is 2.42. The van der Waals surface area contributed by atoms with Gasteiger partial charge in [-0.25, -0.2) is 4.98 Å². The van der Waals surface area contributed by atoms with Gasteiger partial charge in [-0.05, 0) is 49.3 Å². The van der Waals surface area contributed by atoms with Crippen molar-refractivity contribution in [2.45, 2.75) is 70.3 Å². The smallest absolute Gasteiger partial charge is 0.307 e. The normalized spacial score (nSPS) is 19.3. The Morgan fingerprint density at radius 3 is 2.83 bits per heavy atom. The number of hydrogen-bond acceptors (Lipinski definition) is 4. The van der Waals surface area contributed by atoms with Crippen molar-refractivity contribution in [2.75, 3.05) is 24.6 Å². The van der Waals surface area contributed by atoms with Crippen LogP contribution in [0.3, 0.4) is 0 Å². The summed E-state index contributed by atoms with van der Waals surface area (Å²) in [6, 6.07) is 7.13. The Kier molecular flexibility index (Phi) is 6.53. The minimum atomic E-state index is -0.102. The predicted octanol–water partition coefficient (Wildman–Crippen LogP) is 4.88. The molecular formula is C24H33N3O2. The van der Waals surface area contributed by atoms with E-state index in [0.29, 0.717) is 18.9 Å². The molecule has 1 saturated carbocycles. The lowest BCUT2D eigenvalue weighted by Crippen LogP contribution is -2.25. The lowest BCUT2D eigenvalue weighted by atomic mass is 9.82. The molecule has 1 atom stereocenters. The second-order valence-electron chi connectivity index (χ2n) is 8.44. The maximum absolute atomic E-state index is 11.9. The SMILES string of the molecule is CCOC(=O)CCN1CC(CCn2ccnc2)c2cc(C3CCCCC3)ccc21. The number of fused-ring (bicyclic) bond motifs is 1. The molecule has 29 heavy (non-hydrogen) atoms. The number of aryl methyl sites for hydroxylation is 1. The Bertz CT molecular complexity index is 796. The molecule has 156 valence electrons. The summed E-state index contributed by atoms with van der Waals surface area (Å²) in [6.07, 6.45) is 14.1. The molecule has 5 nitrogen and oxygen atoms in total. The van der Waals surface area contributed by atoms with Crippen LogP contribution in [-0.4, -0.2) is 35.2 Å². The molecule has 0 amide bonds. The van der Waals surface area contributed by atoms with E-state index in [9.17, 15) is 4.79 Å². The number of aromatic nitrogens is 2. The number of ether oxygens (including phenoxy) is 1. The summed E-state index contributed by atoms with van der Waals surface area (Å²) >= 11 is 0. The minimum absolute atomic E-state index is 0.102. The first kappa shape index (κ1) is 20.0. The van der Waals surface area contributed by atoms with Gasteiger partial charge in [-0.3, -0.25) is 4.79 Å². The van der Waals surface area contributed by atoms with Crippen molar-refractivity contribution in [1.29, 1.82) is 0 Å². The first-order valence-corrected chi connectivity index (χ1v) is 11.2. The molecule has 0 spiro atoms. The fourth-order valence-electron chi connectivity index (χ4n) is 4.98. The van der Waals surface area contributed by atoms with Gasteiger partial charge in [0.1, 0.15) is 0 Å². The van der Waals surface area contributed by atoms with Crippen molar-refractivity contribution >= 4 is 11.7 Å². The largest absolute Gasteiger partial charge is 0.466 e. The number of esters is 1. The molecule has 5 heteroatoms. The highest BCUT2D eigenvalue weighted by atomic mass is 16.5. The summed E-state index contributed by atoms with van der Waals surface area (Å²) in [7, 11) is 0. The number of carbonyl (C=O) groups excluding carboxylic acids is 1. The van der Waals surface area contributed by atoms with Gasteiger partial charge in [0.25, 0.3) is 0 Å². The Balaban J connectivity index is 1.50. The van der Waals surface area contributed by atoms with Crippen molar-refractivity contribution in [3.05, 3.63) is 48.0 Å². The van der Waals surface area contributed by atoms with E-state index in [1.165, 1.54) is 48.9 Å². The summed E-state index contributed by atoms with van der Waals surface area (Å²) in [5, 5.41) is 0. The lowest BCUT2D eigenvalue weighted by Gasteiger charge is -2.23. The zero-order valence-corrected chi connectivity index (χ0v) is 17.6. The average molecular weight is 396 g/mol. The van der Waals surface area contributed by atoms with E-state index in [4.69, 9.17) is 4.74 Å². The number of benzene rings is 1. The number of carbonyl (C=O) groups is 1.